The van der Waals surface area contributed by atoms with Gasteiger partial charge >= 0.3 is 0 Å². The highest BCUT2D eigenvalue weighted by molar-refractivity contribution is 8.37. The van der Waals surface area contributed by atoms with Crippen molar-refractivity contribution in [3.63, 3.8) is 0 Å². The van der Waals surface area contributed by atoms with Crippen LogP contribution in [0.2, 0.25) is 0 Å². The fourth-order valence-electron chi connectivity index (χ4n) is 8.71. The molecule has 2 aromatic heterocycles. The van der Waals surface area contributed by atoms with E-state index in [0.717, 1.165) is 36.4 Å². The molecule has 1 aliphatic carbocycles. The number of hydrogen-bond donors (Lipinski definition) is 0. The third-order valence-electron chi connectivity index (χ3n) is 11.2. The van der Waals surface area contributed by atoms with Gasteiger partial charge in [0.25, 0.3) is 0 Å². The Bertz CT molecular complexity index is 2780. The van der Waals surface area contributed by atoms with Crippen LogP contribution in [0, 0.1) is 0 Å². The van der Waals surface area contributed by atoms with Crippen molar-refractivity contribution < 1.29 is 0 Å². The first-order valence-electron chi connectivity index (χ1n) is 20.6. The van der Waals surface area contributed by atoms with Crippen molar-refractivity contribution in [3.8, 4) is 0 Å². The fourth-order valence-corrected chi connectivity index (χ4v) is 12.5. The number of aromatic nitrogens is 2. The monoisotopic (exact) mass is 784 g/mol. The van der Waals surface area contributed by atoms with Gasteiger partial charge in [-0.25, -0.2) is 0 Å². The first kappa shape index (κ1) is 39.3. The first-order valence-corrected chi connectivity index (χ1v) is 22.3. The van der Waals surface area contributed by atoms with Gasteiger partial charge < -0.3 is 9.13 Å². The van der Waals surface area contributed by atoms with Crippen LogP contribution in [0.3, 0.4) is 0 Å². The summed E-state index contributed by atoms with van der Waals surface area (Å²) in [7, 11) is -1.91. The molecule has 7 aromatic rings. The van der Waals surface area contributed by atoms with Crippen LogP contribution in [0.5, 0.6) is 0 Å². The van der Waals surface area contributed by atoms with E-state index in [2.05, 4.69) is 230 Å². The van der Waals surface area contributed by atoms with Crippen LogP contribution in [0.15, 0.2) is 221 Å². The highest BCUT2D eigenvalue weighted by Crippen LogP contribution is 2.73. The first-order chi connectivity index (χ1) is 29.1. The SMILES string of the molecule is C=Cc1c(/C=C\C)c2ccccc2n1C/C=C\C=C(/Cc1cccc(S(C(=C)/C=C\C=C/C)(c2ccccc2)c2ccccc2)c1)n1c2c(c3ccccc31)C=CCC2. The molecular formula is C56H52N2S. The van der Waals surface area contributed by atoms with Gasteiger partial charge in [0.15, 0.2) is 0 Å². The Hall–Kier alpha value is -6.55. The van der Waals surface area contributed by atoms with E-state index >= 15 is 0 Å². The summed E-state index contributed by atoms with van der Waals surface area (Å²) in [4.78, 5) is 4.90. The van der Waals surface area contributed by atoms with Crippen molar-refractivity contribution in [2.24, 2.45) is 0 Å². The molecule has 2 nitrogen and oxygen atoms in total. The molecule has 2 heterocycles. The predicted molar refractivity (Wildman–Crippen MR) is 258 cm³/mol. The molecule has 0 amide bonds. The molecule has 0 spiro atoms. The van der Waals surface area contributed by atoms with Crippen LogP contribution in [-0.2, 0) is 19.4 Å². The van der Waals surface area contributed by atoms with E-state index in [1.54, 1.807) is 0 Å². The summed E-state index contributed by atoms with van der Waals surface area (Å²) in [6.07, 6.45) is 29.1. The molecule has 0 N–H and O–H groups in total. The lowest BCUT2D eigenvalue weighted by Gasteiger charge is -2.42. The summed E-state index contributed by atoms with van der Waals surface area (Å²) in [5.41, 5.74) is 10.0. The molecule has 0 fully saturated rings. The number of allylic oxidation sites excluding steroid dienone is 10. The van der Waals surface area contributed by atoms with Gasteiger partial charge in [-0.15, -0.1) is 10.0 Å². The third-order valence-corrected chi connectivity index (χ3v) is 15.1. The van der Waals surface area contributed by atoms with Gasteiger partial charge in [-0.2, -0.15) is 0 Å². The Morgan fingerprint density at radius 1 is 0.712 bits per heavy atom. The van der Waals surface area contributed by atoms with Gasteiger partial charge in [-0.3, -0.25) is 0 Å². The van der Waals surface area contributed by atoms with Gasteiger partial charge in [0, 0.05) is 72.2 Å². The minimum absolute atomic E-state index is 0.731. The van der Waals surface area contributed by atoms with E-state index < -0.39 is 10.0 Å². The maximum Gasteiger partial charge on any atom is 0.0534 e. The Balaban J connectivity index is 1.27. The molecule has 3 heteroatoms. The summed E-state index contributed by atoms with van der Waals surface area (Å²) >= 11 is 0. The molecule has 0 atom stereocenters. The molecule has 1 aliphatic rings. The van der Waals surface area contributed by atoms with Gasteiger partial charge in [-0.05, 0) is 104 Å². The average molecular weight is 785 g/mol. The van der Waals surface area contributed by atoms with Crippen molar-refractivity contribution >= 4 is 55.8 Å². The summed E-state index contributed by atoms with van der Waals surface area (Å²) in [6, 6.07) is 48.8. The summed E-state index contributed by atoms with van der Waals surface area (Å²) in [5, 5.41) is 2.54. The maximum absolute atomic E-state index is 4.83. The molecule has 0 unspecified atom stereocenters. The maximum atomic E-state index is 4.83. The summed E-state index contributed by atoms with van der Waals surface area (Å²) < 4.78 is 4.92. The van der Waals surface area contributed by atoms with Gasteiger partial charge in [0.05, 0.1) is 5.52 Å². The van der Waals surface area contributed by atoms with Crippen LogP contribution in [-0.4, -0.2) is 9.13 Å². The minimum Gasteiger partial charge on any atom is -0.337 e. The van der Waals surface area contributed by atoms with Crippen LogP contribution < -0.4 is 0 Å². The molecular weight excluding hydrogens is 733 g/mol. The van der Waals surface area contributed by atoms with Crippen LogP contribution in [0.4, 0.5) is 0 Å². The quantitative estimate of drug-likeness (QED) is 0.0972. The van der Waals surface area contributed by atoms with Crippen LogP contribution in [0.25, 0.3) is 45.7 Å². The number of para-hydroxylation sites is 2. The van der Waals surface area contributed by atoms with Crippen LogP contribution >= 0.6 is 10.0 Å². The van der Waals surface area contributed by atoms with Gasteiger partial charge in [0.1, 0.15) is 0 Å². The van der Waals surface area contributed by atoms with E-state index in [4.69, 9.17) is 6.58 Å². The number of benzene rings is 5. The molecule has 0 bridgehead atoms. The number of hydrogen-bond acceptors (Lipinski definition) is 0. The average Bonchev–Trinajstić information content (AvgIpc) is 3.78. The Kier molecular flexibility index (Phi) is 11.9. The molecule has 292 valence electrons. The second kappa shape index (κ2) is 17.9. The lowest BCUT2D eigenvalue weighted by atomic mass is 10.0. The zero-order chi connectivity index (χ0) is 40.6. The summed E-state index contributed by atoms with van der Waals surface area (Å²) in [5.74, 6) is 0. The highest BCUT2D eigenvalue weighted by atomic mass is 32.3. The standard InChI is InChI=1S/C56H52N2S/c1-5-8-11-26-43(4)59(46-29-12-9-13-30-46,47-31-14-10-15-32-47)48-33-24-27-44(42-48)41-45(58-55-38-20-17-35-51(55)52-36-18-21-39-56(52)58)28-22-23-40-57-53(7-3)49(25-6-2)50-34-16-19-37-54(50)57/h5-20,22-38,42H,3-4,21,39-41H2,1-2H3/b8-5-,23-22-,25-6-,26-11-,45-28+. The van der Waals surface area contributed by atoms with Crippen molar-refractivity contribution in [1.29, 1.82) is 0 Å². The molecule has 59 heavy (non-hydrogen) atoms. The zero-order valence-electron chi connectivity index (χ0n) is 34.2. The normalized spacial score (nSPS) is 13.8. The number of rotatable bonds is 14. The second-order valence-electron chi connectivity index (χ2n) is 14.8. The van der Waals surface area contributed by atoms with Crippen molar-refractivity contribution in [2.45, 2.75) is 54.3 Å². The zero-order valence-corrected chi connectivity index (χ0v) is 35.0. The van der Waals surface area contributed by atoms with E-state index in [9.17, 15) is 0 Å². The Labute approximate surface area is 351 Å². The topological polar surface area (TPSA) is 9.86 Å². The predicted octanol–water partition coefficient (Wildman–Crippen LogP) is 15.5. The van der Waals surface area contributed by atoms with E-state index in [1.165, 1.54) is 64.6 Å². The largest absolute Gasteiger partial charge is 0.337 e. The minimum atomic E-state index is -1.91. The molecule has 0 saturated carbocycles. The van der Waals surface area contributed by atoms with Crippen molar-refractivity contribution in [2.75, 3.05) is 0 Å². The highest BCUT2D eigenvalue weighted by Gasteiger charge is 2.33. The Morgan fingerprint density at radius 2 is 1.39 bits per heavy atom. The molecule has 0 saturated heterocycles. The van der Waals surface area contributed by atoms with E-state index in [0.29, 0.717) is 0 Å². The van der Waals surface area contributed by atoms with E-state index in [-0.39, 0.29) is 0 Å². The molecule has 8 rings (SSSR count). The van der Waals surface area contributed by atoms with Crippen molar-refractivity contribution in [3.05, 3.63) is 234 Å². The van der Waals surface area contributed by atoms with Crippen LogP contribution in [0.1, 0.15) is 48.3 Å². The summed E-state index contributed by atoms with van der Waals surface area (Å²) in [6.45, 7) is 13.9. The number of nitrogens with zero attached hydrogens (tertiary/aromatic N) is 2. The van der Waals surface area contributed by atoms with Gasteiger partial charge in [0.2, 0.25) is 0 Å². The molecule has 0 radical (unpaired) electrons. The Morgan fingerprint density at radius 3 is 2.10 bits per heavy atom. The second-order valence-corrected chi connectivity index (χ2v) is 17.9. The number of fused-ring (bicyclic) bond motifs is 4. The lowest BCUT2D eigenvalue weighted by Crippen LogP contribution is -2.08. The van der Waals surface area contributed by atoms with Crippen molar-refractivity contribution in [1.82, 2.24) is 9.13 Å². The van der Waals surface area contributed by atoms with E-state index in [1.807, 2.05) is 6.08 Å². The fraction of sp³-hybridized carbons (Fsp3) is 0.107. The van der Waals surface area contributed by atoms with Gasteiger partial charge in [-0.1, -0.05) is 153 Å². The lowest BCUT2D eigenvalue weighted by molar-refractivity contribution is 0.852. The third kappa shape index (κ3) is 7.51. The smallest absolute Gasteiger partial charge is 0.0534 e. The molecule has 5 aromatic carbocycles. The molecule has 0 aliphatic heterocycles.